The van der Waals surface area contributed by atoms with E-state index in [2.05, 4.69) is 17.1 Å². The van der Waals surface area contributed by atoms with Crippen molar-refractivity contribution in [1.82, 2.24) is 4.98 Å². The highest BCUT2D eigenvalue weighted by atomic mass is 35.5. The zero-order chi connectivity index (χ0) is 12.5. The molecule has 0 spiro atoms. The number of Topliss-reactive ketones (excluding diaryl/α,β-unsaturated/α-hetero) is 1. The molecule has 1 aromatic carbocycles. The summed E-state index contributed by atoms with van der Waals surface area (Å²) in [6.07, 6.45) is 3.13. The second-order valence-electron chi connectivity index (χ2n) is 4.59. The summed E-state index contributed by atoms with van der Waals surface area (Å²) < 4.78 is 0. The monoisotopic (exact) mass is 257 g/mol. The van der Waals surface area contributed by atoms with Gasteiger partial charge < -0.3 is 0 Å². The molecule has 1 unspecified atom stereocenters. The fraction of sp³-hybridized carbons (Fsp3) is 0.200. The molecule has 0 bridgehead atoms. The summed E-state index contributed by atoms with van der Waals surface area (Å²) in [5, 5.41) is 0.370. The maximum atomic E-state index is 12.1. The van der Waals surface area contributed by atoms with E-state index in [9.17, 15) is 4.79 Å². The van der Waals surface area contributed by atoms with Gasteiger partial charge in [-0.05, 0) is 35.6 Å². The van der Waals surface area contributed by atoms with E-state index in [0.29, 0.717) is 23.1 Å². The van der Waals surface area contributed by atoms with Gasteiger partial charge in [0.25, 0.3) is 0 Å². The van der Waals surface area contributed by atoms with Crippen molar-refractivity contribution in [2.45, 2.75) is 18.8 Å². The van der Waals surface area contributed by atoms with Crippen LogP contribution in [0.5, 0.6) is 0 Å². The van der Waals surface area contributed by atoms with E-state index in [4.69, 9.17) is 11.6 Å². The standard InChI is InChI=1S/C15H12ClNO/c16-15-9-11(5-6-17-15)14(18)8-12-7-10-3-1-2-4-13(10)12/h1-6,9,12H,7-8H2. The second kappa shape index (κ2) is 4.54. The van der Waals surface area contributed by atoms with Crippen molar-refractivity contribution < 1.29 is 4.79 Å². The van der Waals surface area contributed by atoms with Crippen LogP contribution >= 0.6 is 11.6 Å². The van der Waals surface area contributed by atoms with Crippen LogP contribution in [0.1, 0.15) is 33.8 Å². The summed E-state index contributed by atoms with van der Waals surface area (Å²) in [6.45, 7) is 0. The number of hydrogen-bond donors (Lipinski definition) is 0. The van der Waals surface area contributed by atoms with E-state index in [-0.39, 0.29) is 5.78 Å². The van der Waals surface area contributed by atoms with Gasteiger partial charge in [0.15, 0.2) is 5.78 Å². The smallest absolute Gasteiger partial charge is 0.163 e. The Balaban J connectivity index is 1.74. The Kier molecular flexibility index (Phi) is 2.88. The van der Waals surface area contributed by atoms with Crippen molar-refractivity contribution in [3.05, 3.63) is 64.4 Å². The maximum Gasteiger partial charge on any atom is 0.163 e. The number of nitrogens with zero attached hydrogens (tertiary/aromatic N) is 1. The highest BCUT2D eigenvalue weighted by Crippen LogP contribution is 2.37. The molecule has 0 amide bonds. The lowest BCUT2D eigenvalue weighted by molar-refractivity contribution is 0.0970. The van der Waals surface area contributed by atoms with Crippen LogP contribution in [-0.2, 0) is 6.42 Å². The minimum absolute atomic E-state index is 0.138. The first-order valence-corrected chi connectivity index (χ1v) is 6.34. The summed E-state index contributed by atoms with van der Waals surface area (Å²) in [5.41, 5.74) is 3.33. The molecule has 90 valence electrons. The predicted octanol–water partition coefficient (Wildman–Crippen LogP) is 3.65. The molecular formula is C15H12ClNO. The molecule has 0 fully saturated rings. The number of ketones is 1. The van der Waals surface area contributed by atoms with Gasteiger partial charge in [0.2, 0.25) is 0 Å². The molecule has 1 aromatic heterocycles. The van der Waals surface area contributed by atoms with Gasteiger partial charge in [-0.1, -0.05) is 35.9 Å². The molecule has 3 rings (SSSR count). The van der Waals surface area contributed by atoms with Crippen molar-refractivity contribution in [3.8, 4) is 0 Å². The van der Waals surface area contributed by atoms with Crippen LogP contribution in [0.25, 0.3) is 0 Å². The fourth-order valence-electron chi connectivity index (χ4n) is 2.46. The van der Waals surface area contributed by atoms with E-state index in [1.54, 1.807) is 18.3 Å². The largest absolute Gasteiger partial charge is 0.294 e. The van der Waals surface area contributed by atoms with Gasteiger partial charge in [0.1, 0.15) is 5.15 Å². The van der Waals surface area contributed by atoms with E-state index in [1.165, 1.54) is 11.1 Å². The Morgan fingerprint density at radius 3 is 2.94 bits per heavy atom. The molecule has 0 aliphatic heterocycles. The Morgan fingerprint density at radius 2 is 2.17 bits per heavy atom. The highest BCUT2D eigenvalue weighted by Gasteiger charge is 2.27. The molecule has 1 aliphatic carbocycles. The first kappa shape index (κ1) is 11.4. The first-order chi connectivity index (χ1) is 8.74. The molecule has 1 aliphatic rings. The van der Waals surface area contributed by atoms with Gasteiger partial charge in [-0.2, -0.15) is 0 Å². The van der Waals surface area contributed by atoms with Crippen LogP contribution in [0.4, 0.5) is 0 Å². The third kappa shape index (κ3) is 2.04. The zero-order valence-electron chi connectivity index (χ0n) is 9.77. The SMILES string of the molecule is O=C(CC1Cc2ccccc21)c1ccnc(Cl)c1. The van der Waals surface area contributed by atoms with Crippen molar-refractivity contribution in [2.75, 3.05) is 0 Å². The topological polar surface area (TPSA) is 30.0 Å². The third-order valence-corrected chi connectivity index (χ3v) is 3.65. The summed E-state index contributed by atoms with van der Waals surface area (Å²) in [5.74, 6) is 0.499. The average Bonchev–Trinajstić information content (AvgIpc) is 2.36. The number of carbonyl (C=O) groups excluding carboxylic acids is 1. The molecule has 0 saturated heterocycles. The Labute approximate surface area is 111 Å². The lowest BCUT2D eigenvalue weighted by atomic mass is 9.74. The zero-order valence-corrected chi connectivity index (χ0v) is 10.5. The molecule has 0 N–H and O–H groups in total. The number of hydrogen-bond acceptors (Lipinski definition) is 2. The molecule has 0 radical (unpaired) electrons. The normalized spacial score (nSPS) is 16.8. The summed E-state index contributed by atoms with van der Waals surface area (Å²) in [7, 11) is 0. The number of carbonyl (C=O) groups is 1. The Morgan fingerprint density at radius 1 is 1.33 bits per heavy atom. The van der Waals surface area contributed by atoms with E-state index >= 15 is 0 Å². The van der Waals surface area contributed by atoms with Gasteiger partial charge >= 0.3 is 0 Å². The minimum Gasteiger partial charge on any atom is -0.294 e. The summed E-state index contributed by atoms with van der Waals surface area (Å²) in [6, 6.07) is 11.7. The third-order valence-electron chi connectivity index (χ3n) is 3.44. The molecule has 0 saturated carbocycles. The van der Waals surface area contributed by atoms with Crippen molar-refractivity contribution in [3.63, 3.8) is 0 Å². The van der Waals surface area contributed by atoms with Crippen LogP contribution in [0.15, 0.2) is 42.6 Å². The van der Waals surface area contributed by atoms with Crippen LogP contribution in [0.2, 0.25) is 5.15 Å². The van der Waals surface area contributed by atoms with Crippen LogP contribution < -0.4 is 0 Å². The molecule has 2 nitrogen and oxygen atoms in total. The lowest BCUT2D eigenvalue weighted by Crippen LogP contribution is -2.20. The van der Waals surface area contributed by atoms with Crippen LogP contribution in [-0.4, -0.2) is 10.8 Å². The minimum atomic E-state index is 0.138. The number of benzene rings is 1. The quantitative estimate of drug-likeness (QED) is 0.621. The number of halogens is 1. The van der Waals surface area contributed by atoms with Gasteiger partial charge in [0, 0.05) is 18.2 Å². The second-order valence-corrected chi connectivity index (χ2v) is 4.98. The predicted molar refractivity (Wildman–Crippen MR) is 71.1 cm³/mol. The molecule has 1 atom stereocenters. The van der Waals surface area contributed by atoms with Crippen molar-refractivity contribution in [2.24, 2.45) is 0 Å². The Hall–Kier alpha value is -1.67. The lowest BCUT2D eigenvalue weighted by Gasteiger charge is -2.29. The van der Waals surface area contributed by atoms with Gasteiger partial charge in [0.05, 0.1) is 0 Å². The average molecular weight is 258 g/mol. The fourth-order valence-corrected chi connectivity index (χ4v) is 2.64. The highest BCUT2D eigenvalue weighted by molar-refractivity contribution is 6.29. The van der Waals surface area contributed by atoms with Gasteiger partial charge in [-0.3, -0.25) is 4.79 Å². The van der Waals surface area contributed by atoms with Crippen molar-refractivity contribution in [1.29, 1.82) is 0 Å². The van der Waals surface area contributed by atoms with E-state index in [1.807, 2.05) is 12.1 Å². The summed E-state index contributed by atoms with van der Waals surface area (Å²) in [4.78, 5) is 16.0. The molecular weight excluding hydrogens is 246 g/mol. The molecule has 3 heteroatoms. The van der Waals surface area contributed by atoms with Gasteiger partial charge in [-0.15, -0.1) is 0 Å². The molecule has 1 heterocycles. The first-order valence-electron chi connectivity index (χ1n) is 5.96. The molecule has 18 heavy (non-hydrogen) atoms. The number of aromatic nitrogens is 1. The van der Waals surface area contributed by atoms with Gasteiger partial charge in [-0.25, -0.2) is 4.98 Å². The maximum absolute atomic E-state index is 12.1. The number of rotatable bonds is 3. The van der Waals surface area contributed by atoms with E-state index in [0.717, 1.165) is 6.42 Å². The molecule has 2 aromatic rings. The van der Waals surface area contributed by atoms with Crippen molar-refractivity contribution >= 4 is 17.4 Å². The van der Waals surface area contributed by atoms with Crippen LogP contribution in [0.3, 0.4) is 0 Å². The van der Waals surface area contributed by atoms with Crippen LogP contribution in [0, 0.1) is 0 Å². The number of pyridine rings is 1. The Bertz CT molecular complexity index is 609. The van der Waals surface area contributed by atoms with E-state index < -0.39 is 0 Å². The number of fused-ring (bicyclic) bond motifs is 1. The summed E-state index contributed by atoms with van der Waals surface area (Å²) >= 11 is 5.79.